The summed E-state index contributed by atoms with van der Waals surface area (Å²) in [6, 6.07) is 35.8. The molecule has 12 N–H and O–H groups in total. The van der Waals surface area contributed by atoms with Gasteiger partial charge >= 0.3 is 0 Å². The minimum Gasteiger partial charge on any atom is -0.399 e. The van der Waals surface area contributed by atoms with E-state index in [1.54, 1.807) is 72.8 Å². The Hall–Kier alpha value is -6.45. The molecule has 0 fully saturated rings. The minimum atomic E-state index is -0.459. The third-order valence-electron chi connectivity index (χ3n) is 5.62. The molecule has 0 aromatic heterocycles. The van der Waals surface area contributed by atoms with Crippen LogP contribution in [0, 0.1) is 21.4 Å². The molecular weight excluding hydrogens is 618 g/mol. The molecule has 5 aromatic rings. The number of hydrogen-bond donors (Lipinski definition) is 6. The van der Waals surface area contributed by atoms with Gasteiger partial charge in [-0.2, -0.15) is 5.26 Å². The average Bonchev–Trinajstić information content (AvgIpc) is 3.05. The van der Waals surface area contributed by atoms with Crippen molar-refractivity contribution >= 4 is 57.3 Å². The highest BCUT2D eigenvalue weighted by molar-refractivity contribution is 6.30. The van der Waals surface area contributed by atoms with Gasteiger partial charge in [0.05, 0.1) is 16.6 Å². The van der Waals surface area contributed by atoms with E-state index in [1.165, 1.54) is 30.0 Å². The lowest BCUT2D eigenvalue weighted by Crippen LogP contribution is -2.10. The fraction of sp³-hybridized carbons (Fsp3) is 0.0588. The van der Waals surface area contributed by atoms with Gasteiger partial charge in [0, 0.05) is 70.9 Å². The van der Waals surface area contributed by atoms with Crippen molar-refractivity contribution in [1.29, 1.82) is 5.26 Å². The molecule has 0 spiro atoms. The Labute approximate surface area is 278 Å². The van der Waals surface area contributed by atoms with E-state index in [1.807, 2.05) is 49.3 Å². The molecule has 5 rings (SSSR count). The molecule has 0 aliphatic carbocycles. The van der Waals surface area contributed by atoms with Gasteiger partial charge in [0.15, 0.2) is 0 Å². The number of nitriles is 1. The number of nitrogen functional groups attached to an aromatic ring is 5. The fourth-order valence-electron chi connectivity index (χ4n) is 3.04. The fourth-order valence-corrected chi connectivity index (χ4v) is 3.16. The molecule has 1 amide bonds. The highest BCUT2D eigenvalue weighted by Gasteiger charge is 2.01. The molecule has 0 saturated heterocycles. The summed E-state index contributed by atoms with van der Waals surface area (Å²) in [4.78, 5) is 22.2. The third kappa shape index (κ3) is 16.8. The van der Waals surface area contributed by atoms with Gasteiger partial charge in [-0.1, -0.05) is 11.6 Å². The smallest absolute Gasteiger partial charge is 0.269 e. The van der Waals surface area contributed by atoms with E-state index in [2.05, 4.69) is 0 Å². The Kier molecular flexibility index (Phi) is 16.8. The normalized spacial score (nSPS) is 9.06. The van der Waals surface area contributed by atoms with Gasteiger partial charge in [-0.3, -0.25) is 14.9 Å². The number of nitro benzene ring substituents is 1. The summed E-state index contributed by atoms with van der Waals surface area (Å²) in [5.74, 6) is -0.431. The maximum Gasteiger partial charge on any atom is 0.269 e. The molecular formula is C34H38ClN9O3. The van der Waals surface area contributed by atoms with E-state index in [9.17, 15) is 14.9 Å². The Bertz CT molecular complexity index is 1610. The second-order valence-electron chi connectivity index (χ2n) is 9.61. The molecule has 244 valence electrons. The van der Waals surface area contributed by atoms with Crippen molar-refractivity contribution in [3.05, 3.63) is 148 Å². The van der Waals surface area contributed by atoms with Crippen molar-refractivity contribution in [2.75, 3.05) is 47.7 Å². The minimum absolute atomic E-state index is 0.0641. The van der Waals surface area contributed by atoms with E-state index < -0.39 is 10.8 Å². The number of primary amides is 1. The number of nitro groups is 1. The van der Waals surface area contributed by atoms with Crippen LogP contribution in [0.1, 0.15) is 15.9 Å². The largest absolute Gasteiger partial charge is 0.399 e. The second kappa shape index (κ2) is 20.5. The highest BCUT2D eigenvalue weighted by Crippen LogP contribution is 2.13. The molecule has 12 nitrogen and oxygen atoms in total. The van der Waals surface area contributed by atoms with Crippen LogP contribution in [0.5, 0.6) is 0 Å². The zero-order valence-electron chi connectivity index (χ0n) is 26.0. The first kappa shape index (κ1) is 38.6. The highest BCUT2D eigenvalue weighted by atomic mass is 35.5. The molecule has 0 atom stereocenters. The first-order valence-corrected chi connectivity index (χ1v) is 14.0. The lowest BCUT2D eigenvalue weighted by molar-refractivity contribution is -0.384. The second-order valence-corrected chi connectivity index (χ2v) is 10.0. The van der Waals surface area contributed by atoms with Crippen molar-refractivity contribution in [1.82, 2.24) is 0 Å². The Morgan fingerprint density at radius 1 is 0.660 bits per heavy atom. The van der Waals surface area contributed by atoms with E-state index in [0.717, 1.165) is 16.4 Å². The maximum absolute atomic E-state index is 10.5. The Balaban J connectivity index is 0.000000294. The number of rotatable bonds is 3. The van der Waals surface area contributed by atoms with Gasteiger partial charge in [-0.15, -0.1) is 0 Å². The van der Waals surface area contributed by atoms with Crippen LogP contribution in [0.2, 0.25) is 5.02 Å². The number of halogens is 1. The molecule has 5 aromatic carbocycles. The number of hydrogen-bond acceptors (Lipinski definition) is 10. The van der Waals surface area contributed by atoms with E-state index in [4.69, 9.17) is 51.3 Å². The molecule has 13 heteroatoms. The molecule has 0 radical (unpaired) electrons. The van der Waals surface area contributed by atoms with E-state index in [-0.39, 0.29) is 5.69 Å². The average molecular weight is 656 g/mol. The summed E-state index contributed by atoms with van der Waals surface area (Å²) in [6.07, 6.45) is 0. The zero-order valence-corrected chi connectivity index (χ0v) is 26.7. The summed E-state index contributed by atoms with van der Waals surface area (Å²) in [5.41, 5.74) is 37.7. The number of amides is 1. The Morgan fingerprint density at radius 2 is 1.00 bits per heavy atom. The van der Waals surface area contributed by atoms with Gasteiger partial charge < -0.3 is 39.3 Å². The molecule has 0 unspecified atom stereocenters. The van der Waals surface area contributed by atoms with Crippen LogP contribution in [0.3, 0.4) is 0 Å². The lowest BCUT2D eigenvalue weighted by atomic mass is 10.2. The van der Waals surface area contributed by atoms with Crippen LogP contribution in [-0.4, -0.2) is 24.9 Å². The number of carbonyl (C=O) groups excluding carboxylic acids is 1. The quantitative estimate of drug-likeness (QED) is 0.0758. The van der Waals surface area contributed by atoms with E-state index in [0.29, 0.717) is 28.2 Å². The number of benzene rings is 5. The zero-order chi connectivity index (χ0) is 35.4. The van der Waals surface area contributed by atoms with Crippen LogP contribution in [0.25, 0.3) is 0 Å². The van der Waals surface area contributed by atoms with Crippen LogP contribution in [-0.2, 0) is 0 Å². The summed E-state index contributed by atoms with van der Waals surface area (Å²) in [5, 5.41) is 19.1. The maximum atomic E-state index is 10.5. The van der Waals surface area contributed by atoms with Crippen LogP contribution in [0.4, 0.5) is 39.8 Å². The predicted molar refractivity (Wildman–Crippen MR) is 193 cm³/mol. The summed E-state index contributed by atoms with van der Waals surface area (Å²) in [6.45, 7) is 0. The van der Waals surface area contributed by atoms with Crippen LogP contribution in [0.15, 0.2) is 121 Å². The first-order chi connectivity index (χ1) is 22.2. The van der Waals surface area contributed by atoms with E-state index >= 15 is 0 Å². The number of carbonyl (C=O) groups is 1. The van der Waals surface area contributed by atoms with Crippen molar-refractivity contribution < 1.29 is 9.72 Å². The molecule has 0 aliphatic rings. The standard InChI is InChI=1S/C8H12N2.C7H8N2O.C7H6N2.C6H6ClN.C6H6N2O2/c1-10(2)8-5-3-7(9)4-6-8;8-6-3-1-5(2-4-6)7(9)10;8-5-6-1-3-7(9)4-2-6;7-5-1-3-6(8)4-2-5;7-5-1-3-6(4-2-5)8(9)10/h3-6H,9H2,1-2H3;1-4H,8H2,(H2,9,10);1-4H,9H2;1-4H,8H2;1-4H,7H2. The summed E-state index contributed by atoms with van der Waals surface area (Å²) >= 11 is 5.56. The van der Waals surface area contributed by atoms with Gasteiger partial charge in [-0.05, 0) is 109 Å². The SMILES string of the molecule is CN(C)c1ccc(N)cc1.N#Cc1ccc(N)cc1.NC(=O)c1ccc(N)cc1.Nc1ccc(Cl)cc1.Nc1ccc([N+](=O)[O-])cc1. The third-order valence-corrected chi connectivity index (χ3v) is 5.87. The lowest BCUT2D eigenvalue weighted by Gasteiger charge is -2.11. The summed E-state index contributed by atoms with van der Waals surface area (Å²) < 4.78 is 0. The van der Waals surface area contributed by atoms with Crippen LogP contribution >= 0.6 is 11.6 Å². The number of nitrogens with zero attached hydrogens (tertiary/aromatic N) is 3. The number of non-ortho nitro benzene ring substituents is 1. The molecule has 0 aliphatic heterocycles. The number of anilines is 6. The van der Waals surface area contributed by atoms with Gasteiger partial charge in [0.1, 0.15) is 0 Å². The van der Waals surface area contributed by atoms with Crippen LogP contribution < -0.4 is 39.3 Å². The molecule has 0 heterocycles. The van der Waals surface area contributed by atoms with Gasteiger partial charge in [0.25, 0.3) is 5.69 Å². The predicted octanol–water partition coefficient (Wildman–Crippen LogP) is 5.94. The topological polar surface area (TPSA) is 243 Å². The van der Waals surface area contributed by atoms with Gasteiger partial charge in [0.2, 0.25) is 5.91 Å². The molecule has 0 bridgehead atoms. The first-order valence-electron chi connectivity index (χ1n) is 13.7. The van der Waals surface area contributed by atoms with Crippen molar-refractivity contribution in [2.24, 2.45) is 5.73 Å². The Morgan fingerprint density at radius 3 is 1.32 bits per heavy atom. The van der Waals surface area contributed by atoms with Crippen molar-refractivity contribution in [2.45, 2.75) is 0 Å². The monoisotopic (exact) mass is 655 g/mol. The number of nitrogens with two attached hydrogens (primary N) is 6. The molecule has 47 heavy (non-hydrogen) atoms. The summed E-state index contributed by atoms with van der Waals surface area (Å²) in [7, 11) is 4.01. The van der Waals surface area contributed by atoms with Gasteiger partial charge in [-0.25, -0.2) is 0 Å². The molecule has 0 saturated carbocycles. The van der Waals surface area contributed by atoms with Crippen molar-refractivity contribution in [3.8, 4) is 6.07 Å². The van der Waals surface area contributed by atoms with Crippen molar-refractivity contribution in [3.63, 3.8) is 0 Å².